The third-order valence-electron chi connectivity index (χ3n) is 6.66. The van der Waals surface area contributed by atoms with E-state index >= 15 is 0 Å². The van der Waals surface area contributed by atoms with E-state index in [4.69, 9.17) is 14.2 Å². The van der Waals surface area contributed by atoms with Crippen molar-refractivity contribution >= 4 is 12.0 Å². The summed E-state index contributed by atoms with van der Waals surface area (Å²) in [6, 6.07) is 4.35. The Hall–Kier alpha value is -2.35. The largest absolute Gasteiger partial charge is 0.493 e. The number of hydrogen-bond donors (Lipinski definition) is 1. The smallest absolute Gasteiger partial charge is 0.410 e. The number of rotatable bonds is 10. The van der Waals surface area contributed by atoms with Gasteiger partial charge in [-0.15, -0.1) is 0 Å². The lowest BCUT2D eigenvalue weighted by atomic mass is 9.56. The molecule has 1 aliphatic heterocycles. The second kappa shape index (κ2) is 11.7. The van der Waals surface area contributed by atoms with Crippen LogP contribution in [0.4, 0.5) is 9.18 Å². The average Bonchev–Trinajstić information content (AvgIpc) is 2.75. The molecule has 1 spiro atoms. The topological polar surface area (TPSA) is 77.1 Å². The van der Waals surface area contributed by atoms with Crippen molar-refractivity contribution in [3.8, 4) is 5.75 Å². The molecule has 0 bridgehead atoms. The monoisotopic (exact) mass is 464 g/mol. The molecule has 1 aliphatic carbocycles. The lowest BCUT2D eigenvalue weighted by molar-refractivity contribution is -0.0203. The van der Waals surface area contributed by atoms with Crippen LogP contribution in [0, 0.1) is 17.2 Å². The van der Waals surface area contributed by atoms with Gasteiger partial charge in [-0.25, -0.2) is 9.18 Å². The molecule has 1 aromatic carbocycles. The summed E-state index contributed by atoms with van der Waals surface area (Å²) in [6.45, 7) is 6.55. The van der Waals surface area contributed by atoms with Gasteiger partial charge in [-0.3, -0.25) is 4.79 Å². The summed E-state index contributed by atoms with van der Waals surface area (Å²) in [5.41, 5.74) is 0.393. The van der Waals surface area contributed by atoms with Gasteiger partial charge >= 0.3 is 6.09 Å². The van der Waals surface area contributed by atoms with Crippen molar-refractivity contribution in [2.45, 2.75) is 58.5 Å². The van der Waals surface area contributed by atoms with Crippen molar-refractivity contribution < 1.29 is 28.2 Å². The second-order valence-electron chi connectivity index (χ2n) is 9.57. The van der Waals surface area contributed by atoms with Gasteiger partial charge in [0.2, 0.25) is 0 Å². The van der Waals surface area contributed by atoms with E-state index in [0.29, 0.717) is 36.8 Å². The first-order chi connectivity index (χ1) is 15.8. The molecule has 0 unspecified atom stereocenters. The first-order valence-electron chi connectivity index (χ1n) is 12.0. The van der Waals surface area contributed by atoms with Gasteiger partial charge in [0.15, 0.2) is 0 Å². The van der Waals surface area contributed by atoms with E-state index in [2.05, 4.69) is 5.32 Å². The number of amides is 2. The lowest BCUT2D eigenvalue weighted by Gasteiger charge is -2.52. The highest BCUT2D eigenvalue weighted by atomic mass is 19.1. The Bertz CT molecular complexity index is 800. The number of hydrogen-bond acceptors (Lipinski definition) is 5. The Labute approximate surface area is 195 Å². The number of piperidine rings is 1. The number of methoxy groups -OCH3 is 1. The molecule has 1 N–H and O–H groups in total. The van der Waals surface area contributed by atoms with Crippen molar-refractivity contribution in [2.24, 2.45) is 11.3 Å². The molecule has 2 aliphatic rings. The third kappa shape index (κ3) is 7.06. The number of nitrogens with zero attached hydrogens (tertiary/aromatic N) is 1. The van der Waals surface area contributed by atoms with Crippen LogP contribution in [0.3, 0.4) is 0 Å². The van der Waals surface area contributed by atoms with Crippen LogP contribution in [0.25, 0.3) is 0 Å². The number of ether oxygens (including phenoxy) is 3. The number of benzene rings is 1. The fourth-order valence-corrected chi connectivity index (χ4v) is 4.91. The highest BCUT2D eigenvalue weighted by molar-refractivity contribution is 5.94. The molecule has 7 nitrogen and oxygen atoms in total. The van der Waals surface area contributed by atoms with Crippen molar-refractivity contribution in [2.75, 3.05) is 40.0 Å². The zero-order valence-electron chi connectivity index (χ0n) is 20.0. The fourth-order valence-electron chi connectivity index (χ4n) is 4.91. The molecule has 3 rings (SSSR count). The Morgan fingerprint density at radius 2 is 1.94 bits per heavy atom. The zero-order valence-corrected chi connectivity index (χ0v) is 20.0. The molecule has 0 radical (unpaired) electrons. The summed E-state index contributed by atoms with van der Waals surface area (Å²) in [4.78, 5) is 25.9. The van der Waals surface area contributed by atoms with Crippen LogP contribution >= 0.6 is 0 Å². The van der Waals surface area contributed by atoms with E-state index in [9.17, 15) is 14.0 Å². The molecule has 1 saturated heterocycles. The van der Waals surface area contributed by atoms with Gasteiger partial charge in [0, 0.05) is 32.8 Å². The maximum atomic E-state index is 14.2. The first-order valence-corrected chi connectivity index (χ1v) is 12.0. The Morgan fingerprint density at radius 1 is 1.21 bits per heavy atom. The molecule has 0 aromatic heterocycles. The molecule has 0 atom stereocenters. The van der Waals surface area contributed by atoms with Gasteiger partial charge in [-0.05, 0) is 75.8 Å². The van der Waals surface area contributed by atoms with Gasteiger partial charge < -0.3 is 24.4 Å². The number of carbonyl (C=O) groups is 2. The molecule has 184 valence electrons. The van der Waals surface area contributed by atoms with Crippen LogP contribution in [0.1, 0.15) is 62.7 Å². The van der Waals surface area contributed by atoms with Crippen LogP contribution in [0.5, 0.6) is 5.75 Å². The molecule has 8 heteroatoms. The summed E-state index contributed by atoms with van der Waals surface area (Å²) in [6.07, 6.45) is 6.25. The summed E-state index contributed by atoms with van der Waals surface area (Å²) in [5.74, 6) is 0.0778. The Morgan fingerprint density at radius 3 is 2.58 bits per heavy atom. The summed E-state index contributed by atoms with van der Waals surface area (Å²) >= 11 is 0. The predicted octanol–water partition coefficient (Wildman–Crippen LogP) is 4.40. The van der Waals surface area contributed by atoms with Crippen LogP contribution < -0.4 is 10.1 Å². The quantitative estimate of drug-likeness (QED) is 0.520. The molecule has 1 heterocycles. The van der Waals surface area contributed by atoms with E-state index in [-0.39, 0.29) is 17.8 Å². The number of likely N-dealkylation sites (tertiary alicyclic amines) is 1. The van der Waals surface area contributed by atoms with E-state index in [1.165, 1.54) is 25.0 Å². The number of nitrogens with one attached hydrogen (secondary N) is 1. The molecule has 2 fully saturated rings. The second-order valence-corrected chi connectivity index (χ2v) is 9.57. The maximum absolute atomic E-state index is 14.2. The highest BCUT2D eigenvalue weighted by Gasteiger charge is 2.46. The third-order valence-corrected chi connectivity index (χ3v) is 6.66. The first kappa shape index (κ1) is 25.3. The van der Waals surface area contributed by atoms with Gasteiger partial charge in [0.25, 0.3) is 5.91 Å². The molecule has 33 heavy (non-hydrogen) atoms. The van der Waals surface area contributed by atoms with Crippen molar-refractivity contribution in [3.05, 3.63) is 29.6 Å². The van der Waals surface area contributed by atoms with E-state index in [1.54, 1.807) is 13.2 Å². The normalized spacial score (nSPS) is 17.7. The lowest BCUT2D eigenvalue weighted by Crippen LogP contribution is -2.49. The number of carbonyl (C=O) groups excluding carboxylic acids is 2. The molecular weight excluding hydrogens is 427 g/mol. The van der Waals surface area contributed by atoms with Gasteiger partial charge in [0.1, 0.15) is 11.6 Å². The van der Waals surface area contributed by atoms with Crippen molar-refractivity contribution in [1.82, 2.24) is 10.2 Å². The van der Waals surface area contributed by atoms with Crippen LogP contribution in [-0.2, 0) is 9.47 Å². The van der Waals surface area contributed by atoms with E-state index in [0.717, 1.165) is 38.8 Å². The van der Waals surface area contributed by atoms with Crippen LogP contribution in [0.15, 0.2) is 18.2 Å². The van der Waals surface area contributed by atoms with Crippen LogP contribution in [0.2, 0.25) is 0 Å². The molecule has 1 aromatic rings. The Balaban J connectivity index is 1.31. The minimum atomic E-state index is -0.591. The van der Waals surface area contributed by atoms with Crippen LogP contribution in [-0.4, -0.2) is 63.0 Å². The zero-order chi connectivity index (χ0) is 23.8. The van der Waals surface area contributed by atoms with Crippen molar-refractivity contribution in [1.29, 1.82) is 0 Å². The van der Waals surface area contributed by atoms with E-state index < -0.39 is 11.7 Å². The minimum absolute atomic E-state index is 0.00161. The standard InChI is InChI=1S/C25H37FN2O5/c1-18(2)33-24(30)28-11-8-25(9-12-28)16-19(17-25)5-4-13-32-20-6-7-21(22(26)15-20)23(29)27-10-14-31-3/h6-7,15,18-19H,4-5,8-14,16-17H2,1-3H3,(H,27,29). The number of halogens is 1. The maximum Gasteiger partial charge on any atom is 0.410 e. The van der Waals surface area contributed by atoms with Crippen molar-refractivity contribution in [3.63, 3.8) is 0 Å². The molecule has 2 amide bonds. The molecular formula is C25H37FN2O5. The predicted molar refractivity (Wildman–Crippen MR) is 123 cm³/mol. The fraction of sp³-hybridized carbons (Fsp3) is 0.680. The summed E-state index contributed by atoms with van der Waals surface area (Å²) in [7, 11) is 1.54. The van der Waals surface area contributed by atoms with Gasteiger partial charge in [-0.1, -0.05) is 0 Å². The van der Waals surface area contributed by atoms with Gasteiger partial charge in [0.05, 0.1) is 24.9 Å². The Kier molecular flexibility index (Phi) is 8.95. The van der Waals surface area contributed by atoms with Gasteiger partial charge in [-0.2, -0.15) is 0 Å². The van der Waals surface area contributed by atoms with E-state index in [1.807, 2.05) is 18.7 Å². The average molecular weight is 465 g/mol. The molecule has 1 saturated carbocycles. The minimum Gasteiger partial charge on any atom is -0.493 e. The highest BCUT2D eigenvalue weighted by Crippen LogP contribution is 2.54. The summed E-state index contributed by atoms with van der Waals surface area (Å²) < 4.78 is 30.1. The summed E-state index contributed by atoms with van der Waals surface area (Å²) in [5, 5.41) is 2.61. The SMILES string of the molecule is COCCNC(=O)c1ccc(OCCCC2CC3(CCN(C(=O)OC(C)C)CC3)C2)cc1F.